The summed E-state index contributed by atoms with van der Waals surface area (Å²) >= 11 is 0. The van der Waals surface area contributed by atoms with Crippen LogP contribution in [0.4, 0.5) is 0 Å². The number of fused-ring (bicyclic) bond motifs is 2. The largest absolute Gasteiger partial charge is 0.399 e. The van der Waals surface area contributed by atoms with E-state index >= 15 is 0 Å². The maximum atomic E-state index is 4.99. The lowest BCUT2D eigenvalue weighted by Crippen LogP contribution is -2.09. The zero-order valence-corrected chi connectivity index (χ0v) is 11.9. The first-order chi connectivity index (χ1) is 10.8. The third kappa shape index (κ3) is 2.01. The first-order valence-electron chi connectivity index (χ1n) is 6.85. The molecule has 6 heteroatoms. The molecule has 2 N–H and O–H groups in total. The Morgan fingerprint density at radius 2 is 1.41 bits per heavy atom. The van der Waals surface area contributed by atoms with Crippen molar-refractivity contribution in [1.82, 2.24) is 19.9 Å². The maximum absolute atomic E-state index is 4.99. The van der Waals surface area contributed by atoms with Crippen LogP contribution in [0.2, 0.25) is 0 Å². The smallest absolute Gasteiger partial charge is 0.154 e. The molecule has 0 aliphatic rings. The molecule has 0 amide bonds. The monoisotopic (exact) mass is 291 g/mol. The van der Waals surface area contributed by atoms with E-state index in [9.17, 15) is 0 Å². The van der Waals surface area contributed by atoms with Gasteiger partial charge in [0.1, 0.15) is 18.4 Å². The number of hydrogen-bond acceptors (Lipinski definition) is 4. The van der Waals surface area contributed by atoms with E-state index in [-0.39, 0.29) is 0 Å². The molecule has 0 atom stereocenters. The summed E-state index contributed by atoms with van der Waals surface area (Å²) in [4.78, 5) is 20.4. The van der Waals surface area contributed by atoms with Crippen LogP contribution in [0.1, 0.15) is 11.4 Å². The van der Waals surface area contributed by atoms with Crippen LogP contribution in [0, 0.1) is 0 Å². The average Bonchev–Trinajstić information content (AvgIpc) is 3.19. The van der Waals surface area contributed by atoms with Gasteiger partial charge in [-0.05, 0) is 36.4 Å². The molecular formula is C16H13N5O. The Bertz CT molecular complexity index is 906. The van der Waals surface area contributed by atoms with E-state index in [0.717, 1.165) is 22.1 Å². The van der Waals surface area contributed by atoms with E-state index in [1.54, 1.807) is 0 Å². The second kappa shape index (κ2) is 5.00. The van der Waals surface area contributed by atoms with Crippen LogP contribution in [-0.2, 0) is 4.84 Å². The fourth-order valence-corrected chi connectivity index (χ4v) is 2.44. The highest BCUT2D eigenvalue weighted by atomic mass is 16.6. The fourth-order valence-electron chi connectivity index (χ4n) is 2.44. The van der Waals surface area contributed by atoms with E-state index in [2.05, 4.69) is 25.1 Å². The van der Waals surface area contributed by atoms with Gasteiger partial charge in [-0.3, -0.25) is 0 Å². The molecule has 4 aromatic heterocycles. The third-order valence-electron chi connectivity index (χ3n) is 3.49. The van der Waals surface area contributed by atoms with Gasteiger partial charge in [0.15, 0.2) is 5.71 Å². The van der Waals surface area contributed by atoms with Crippen molar-refractivity contribution in [2.24, 2.45) is 5.16 Å². The van der Waals surface area contributed by atoms with Crippen molar-refractivity contribution < 1.29 is 4.84 Å². The lowest BCUT2D eigenvalue weighted by molar-refractivity contribution is 0.213. The van der Waals surface area contributed by atoms with Crippen molar-refractivity contribution in [3.05, 3.63) is 60.2 Å². The van der Waals surface area contributed by atoms with Gasteiger partial charge in [0.25, 0.3) is 0 Å². The number of pyridine rings is 2. The summed E-state index contributed by atoms with van der Waals surface area (Å²) in [5, 5.41) is 6.21. The molecule has 6 nitrogen and oxygen atoms in total. The molecular weight excluding hydrogens is 278 g/mol. The molecule has 4 heterocycles. The van der Waals surface area contributed by atoms with Crippen LogP contribution < -0.4 is 0 Å². The number of hydrogen-bond donors (Lipinski definition) is 2. The van der Waals surface area contributed by atoms with Gasteiger partial charge in [0, 0.05) is 23.2 Å². The Morgan fingerprint density at radius 3 is 1.91 bits per heavy atom. The van der Waals surface area contributed by atoms with Gasteiger partial charge in [-0.1, -0.05) is 5.16 Å². The molecule has 22 heavy (non-hydrogen) atoms. The quantitative estimate of drug-likeness (QED) is 0.450. The van der Waals surface area contributed by atoms with Crippen molar-refractivity contribution in [3.8, 4) is 0 Å². The SMILES string of the molecule is CON=C(c1ccc2cc[nH]c2n1)c1ccc2cc[nH]c2n1. The molecule has 0 fully saturated rings. The summed E-state index contributed by atoms with van der Waals surface area (Å²) in [6, 6.07) is 11.8. The molecule has 0 aromatic carbocycles. The zero-order valence-electron chi connectivity index (χ0n) is 11.9. The molecule has 0 aliphatic heterocycles. The maximum Gasteiger partial charge on any atom is 0.154 e. The van der Waals surface area contributed by atoms with E-state index < -0.39 is 0 Å². The van der Waals surface area contributed by atoms with Crippen molar-refractivity contribution in [2.45, 2.75) is 0 Å². The van der Waals surface area contributed by atoms with Gasteiger partial charge in [-0.25, -0.2) is 9.97 Å². The summed E-state index contributed by atoms with van der Waals surface area (Å²) in [6.07, 6.45) is 3.72. The molecule has 108 valence electrons. The van der Waals surface area contributed by atoms with Gasteiger partial charge < -0.3 is 14.8 Å². The summed E-state index contributed by atoms with van der Waals surface area (Å²) < 4.78 is 0. The predicted molar refractivity (Wildman–Crippen MR) is 84.8 cm³/mol. The number of nitrogens with one attached hydrogen (secondary N) is 2. The van der Waals surface area contributed by atoms with Crippen LogP contribution in [0.25, 0.3) is 22.1 Å². The Morgan fingerprint density at radius 1 is 0.864 bits per heavy atom. The number of aromatic nitrogens is 4. The number of H-pyrrole nitrogens is 2. The molecule has 0 radical (unpaired) electrons. The Kier molecular flexibility index (Phi) is 2.86. The fraction of sp³-hybridized carbons (Fsp3) is 0.0625. The van der Waals surface area contributed by atoms with Gasteiger partial charge in [-0.15, -0.1) is 0 Å². The second-order valence-corrected chi connectivity index (χ2v) is 4.85. The standard InChI is InChI=1S/C16H13N5O/c1-22-21-14(12-4-2-10-6-8-17-15(10)19-12)13-5-3-11-7-9-18-16(11)20-13/h2-9H,1H3,(H,17,19)(H,18,20). The van der Waals surface area contributed by atoms with Crippen LogP contribution in [0.3, 0.4) is 0 Å². The predicted octanol–water partition coefficient (Wildman–Crippen LogP) is 2.84. The highest BCUT2D eigenvalue weighted by molar-refractivity contribution is 6.11. The molecule has 0 unspecified atom stereocenters. The normalized spacial score (nSPS) is 11.0. The number of nitrogens with zero attached hydrogens (tertiary/aromatic N) is 3. The number of rotatable bonds is 3. The molecule has 0 saturated carbocycles. The van der Waals surface area contributed by atoms with Crippen LogP contribution in [-0.4, -0.2) is 32.8 Å². The molecule has 0 spiro atoms. The molecule has 4 aromatic rings. The van der Waals surface area contributed by atoms with Crippen molar-refractivity contribution in [2.75, 3.05) is 7.11 Å². The zero-order chi connectivity index (χ0) is 14.9. The first kappa shape index (κ1) is 12.6. The van der Waals surface area contributed by atoms with E-state index in [4.69, 9.17) is 4.84 Å². The van der Waals surface area contributed by atoms with Gasteiger partial charge in [0.05, 0.1) is 11.4 Å². The number of oxime groups is 1. The lowest BCUT2D eigenvalue weighted by atomic mass is 10.1. The molecule has 0 bridgehead atoms. The van der Waals surface area contributed by atoms with Gasteiger partial charge in [-0.2, -0.15) is 0 Å². The van der Waals surface area contributed by atoms with Crippen LogP contribution in [0.5, 0.6) is 0 Å². The minimum atomic E-state index is 0.593. The summed E-state index contributed by atoms with van der Waals surface area (Å²) in [5.41, 5.74) is 3.62. The molecule has 0 saturated heterocycles. The van der Waals surface area contributed by atoms with Crippen LogP contribution in [0.15, 0.2) is 53.9 Å². The molecule has 4 rings (SSSR count). The van der Waals surface area contributed by atoms with Crippen molar-refractivity contribution >= 4 is 27.8 Å². The molecule has 0 aliphatic carbocycles. The first-order valence-corrected chi connectivity index (χ1v) is 6.85. The summed E-state index contributed by atoms with van der Waals surface area (Å²) in [6.45, 7) is 0. The average molecular weight is 291 g/mol. The van der Waals surface area contributed by atoms with E-state index in [1.807, 2.05) is 48.8 Å². The van der Waals surface area contributed by atoms with Crippen molar-refractivity contribution in [3.63, 3.8) is 0 Å². The summed E-state index contributed by atoms with van der Waals surface area (Å²) in [7, 11) is 1.51. The van der Waals surface area contributed by atoms with E-state index in [1.165, 1.54) is 7.11 Å². The van der Waals surface area contributed by atoms with E-state index in [0.29, 0.717) is 17.1 Å². The second-order valence-electron chi connectivity index (χ2n) is 4.85. The lowest BCUT2D eigenvalue weighted by Gasteiger charge is -2.05. The Balaban J connectivity index is 1.87. The minimum Gasteiger partial charge on any atom is -0.399 e. The highest BCUT2D eigenvalue weighted by Crippen LogP contribution is 2.16. The van der Waals surface area contributed by atoms with Crippen LogP contribution >= 0.6 is 0 Å². The third-order valence-corrected chi connectivity index (χ3v) is 3.49. The Labute approximate surface area is 125 Å². The topological polar surface area (TPSA) is 79.0 Å². The Hall–Kier alpha value is -3.15. The highest BCUT2D eigenvalue weighted by Gasteiger charge is 2.13. The number of aromatic amines is 2. The van der Waals surface area contributed by atoms with Gasteiger partial charge >= 0.3 is 0 Å². The van der Waals surface area contributed by atoms with Gasteiger partial charge in [0.2, 0.25) is 0 Å². The minimum absolute atomic E-state index is 0.593. The van der Waals surface area contributed by atoms with Crippen molar-refractivity contribution in [1.29, 1.82) is 0 Å². The summed E-state index contributed by atoms with van der Waals surface area (Å²) in [5.74, 6) is 0.